The molecule has 1 unspecified atom stereocenters. The summed E-state index contributed by atoms with van der Waals surface area (Å²) in [5, 5.41) is 15.4. The molecule has 13 heavy (non-hydrogen) atoms. The highest BCUT2D eigenvalue weighted by atomic mass is 32.1. The molecule has 0 spiro atoms. The Kier molecular flexibility index (Phi) is 2.67. The SMILES string of the molecule is Cc1cc(C(O)[C@@H]2CCCN2)cs1. The largest absolute Gasteiger partial charge is 0.387 e. The van der Waals surface area contributed by atoms with E-state index in [9.17, 15) is 5.11 Å². The maximum absolute atomic E-state index is 9.98. The van der Waals surface area contributed by atoms with Crippen molar-refractivity contribution in [3.05, 3.63) is 21.9 Å². The summed E-state index contributed by atoms with van der Waals surface area (Å²) in [6, 6.07) is 2.35. The number of thiophene rings is 1. The van der Waals surface area contributed by atoms with Crippen molar-refractivity contribution in [1.29, 1.82) is 0 Å². The molecule has 1 fully saturated rings. The van der Waals surface area contributed by atoms with Crippen LogP contribution < -0.4 is 5.32 Å². The van der Waals surface area contributed by atoms with Gasteiger partial charge in [0, 0.05) is 10.9 Å². The summed E-state index contributed by atoms with van der Waals surface area (Å²) in [6.45, 7) is 3.12. The zero-order chi connectivity index (χ0) is 9.26. The number of hydrogen-bond acceptors (Lipinski definition) is 3. The highest BCUT2D eigenvalue weighted by Crippen LogP contribution is 2.26. The Bertz CT molecular complexity index is 278. The molecule has 3 heteroatoms. The highest BCUT2D eigenvalue weighted by Gasteiger charge is 2.24. The van der Waals surface area contributed by atoms with Gasteiger partial charge in [-0.05, 0) is 43.3 Å². The molecule has 0 radical (unpaired) electrons. The summed E-state index contributed by atoms with van der Waals surface area (Å²) in [5.41, 5.74) is 1.07. The standard InChI is InChI=1S/C10H15NOS/c1-7-5-8(6-13-7)10(12)9-3-2-4-11-9/h5-6,9-12H,2-4H2,1H3/t9-,10?/m0/s1. The molecule has 1 aromatic rings. The van der Waals surface area contributed by atoms with Gasteiger partial charge < -0.3 is 10.4 Å². The van der Waals surface area contributed by atoms with Crippen LogP contribution in [-0.2, 0) is 0 Å². The molecule has 2 nitrogen and oxygen atoms in total. The van der Waals surface area contributed by atoms with E-state index in [4.69, 9.17) is 0 Å². The Labute approximate surface area is 82.6 Å². The van der Waals surface area contributed by atoms with E-state index in [-0.39, 0.29) is 12.1 Å². The number of aryl methyl sites for hydroxylation is 1. The second kappa shape index (κ2) is 3.78. The van der Waals surface area contributed by atoms with E-state index >= 15 is 0 Å². The fourth-order valence-corrected chi connectivity index (χ4v) is 2.57. The van der Waals surface area contributed by atoms with Crippen molar-refractivity contribution in [2.75, 3.05) is 6.54 Å². The third-order valence-electron chi connectivity index (χ3n) is 2.57. The van der Waals surface area contributed by atoms with Gasteiger partial charge in [-0.15, -0.1) is 11.3 Å². The Morgan fingerprint density at radius 1 is 1.69 bits per heavy atom. The minimum absolute atomic E-state index is 0.272. The van der Waals surface area contributed by atoms with Gasteiger partial charge in [0.1, 0.15) is 0 Å². The van der Waals surface area contributed by atoms with Crippen molar-refractivity contribution < 1.29 is 5.11 Å². The van der Waals surface area contributed by atoms with Crippen molar-refractivity contribution in [1.82, 2.24) is 5.32 Å². The molecule has 2 N–H and O–H groups in total. The minimum Gasteiger partial charge on any atom is -0.387 e. The molecular weight excluding hydrogens is 182 g/mol. The van der Waals surface area contributed by atoms with Crippen LogP contribution in [0, 0.1) is 6.92 Å². The number of hydrogen-bond donors (Lipinski definition) is 2. The lowest BCUT2D eigenvalue weighted by atomic mass is 10.0. The van der Waals surface area contributed by atoms with Crippen molar-refractivity contribution in [3.8, 4) is 0 Å². The van der Waals surface area contributed by atoms with Gasteiger partial charge >= 0.3 is 0 Å². The first-order chi connectivity index (χ1) is 6.27. The Hall–Kier alpha value is -0.380. The third kappa shape index (κ3) is 1.93. The molecular formula is C10H15NOS. The lowest BCUT2D eigenvalue weighted by Crippen LogP contribution is -2.28. The first kappa shape index (κ1) is 9.19. The first-order valence-electron chi connectivity index (χ1n) is 4.74. The fourth-order valence-electron chi connectivity index (χ4n) is 1.83. The molecule has 2 atom stereocenters. The summed E-state index contributed by atoms with van der Waals surface area (Å²) in [7, 11) is 0. The quantitative estimate of drug-likeness (QED) is 0.758. The van der Waals surface area contributed by atoms with Gasteiger partial charge in [-0.25, -0.2) is 0 Å². The second-order valence-corrected chi connectivity index (χ2v) is 4.75. The molecule has 0 bridgehead atoms. The summed E-state index contributed by atoms with van der Waals surface area (Å²) < 4.78 is 0. The van der Waals surface area contributed by atoms with E-state index in [2.05, 4.69) is 23.7 Å². The Morgan fingerprint density at radius 2 is 2.54 bits per heavy atom. The maximum atomic E-state index is 9.98. The molecule has 0 aromatic carbocycles. The molecule has 0 saturated carbocycles. The van der Waals surface area contributed by atoms with E-state index in [0.29, 0.717) is 0 Å². The highest BCUT2D eigenvalue weighted by molar-refractivity contribution is 7.10. The lowest BCUT2D eigenvalue weighted by Gasteiger charge is -2.16. The van der Waals surface area contributed by atoms with E-state index in [1.807, 2.05) is 0 Å². The van der Waals surface area contributed by atoms with Crippen LogP contribution in [-0.4, -0.2) is 17.7 Å². The molecule has 0 amide bonds. The van der Waals surface area contributed by atoms with E-state index < -0.39 is 0 Å². The molecule has 1 saturated heterocycles. The molecule has 0 aliphatic carbocycles. The van der Waals surface area contributed by atoms with Crippen LogP contribution in [0.25, 0.3) is 0 Å². The average Bonchev–Trinajstić information content (AvgIpc) is 2.72. The van der Waals surface area contributed by atoms with Gasteiger partial charge in [0.15, 0.2) is 0 Å². The van der Waals surface area contributed by atoms with Gasteiger partial charge in [0.2, 0.25) is 0 Å². The van der Waals surface area contributed by atoms with Gasteiger partial charge in [-0.2, -0.15) is 0 Å². The normalized spacial score (nSPS) is 24.9. The Morgan fingerprint density at radius 3 is 3.08 bits per heavy atom. The van der Waals surface area contributed by atoms with Gasteiger partial charge in [0.05, 0.1) is 6.10 Å². The van der Waals surface area contributed by atoms with Crippen molar-refractivity contribution in [3.63, 3.8) is 0 Å². The summed E-state index contributed by atoms with van der Waals surface area (Å²) in [6.07, 6.45) is 1.97. The molecule has 1 aliphatic rings. The van der Waals surface area contributed by atoms with Crippen molar-refractivity contribution >= 4 is 11.3 Å². The first-order valence-corrected chi connectivity index (χ1v) is 5.62. The smallest absolute Gasteiger partial charge is 0.0951 e. The Balaban J connectivity index is 2.07. The number of aliphatic hydroxyl groups excluding tert-OH is 1. The summed E-state index contributed by atoms with van der Waals surface area (Å²) >= 11 is 1.70. The number of aliphatic hydroxyl groups is 1. The van der Waals surface area contributed by atoms with Crippen molar-refractivity contribution in [2.24, 2.45) is 0 Å². The molecule has 2 heterocycles. The monoisotopic (exact) mass is 197 g/mol. The topological polar surface area (TPSA) is 32.3 Å². The van der Waals surface area contributed by atoms with E-state index in [1.165, 1.54) is 11.3 Å². The third-order valence-corrected chi connectivity index (χ3v) is 3.45. The average molecular weight is 197 g/mol. The number of nitrogens with one attached hydrogen (secondary N) is 1. The lowest BCUT2D eigenvalue weighted by molar-refractivity contribution is 0.138. The van der Waals surface area contributed by atoms with Crippen LogP contribution in [0.1, 0.15) is 29.4 Å². The van der Waals surface area contributed by atoms with Crippen LogP contribution in [0.5, 0.6) is 0 Å². The zero-order valence-electron chi connectivity index (χ0n) is 7.79. The maximum Gasteiger partial charge on any atom is 0.0951 e. The second-order valence-electron chi connectivity index (χ2n) is 3.64. The zero-order valence-corrected chi connectivity index (χ0v) is 8.60. The molecule has 1 aromatic heterocycles. The van der Waals surface area contributed by atoms with Crippen LogP contribution in [0.15, 0.2) is 11.4 Å². The van der Waals surface area contributed by atoms with E-state index in [1.54, 1.807) is 11.3 Å². The van der Waals surface area contributed by atoms with E-state index in [0.717, 1.165) is 18.5 Å². The number of rotatable bonds is 2. The predicted octanol–water partition coefficient (Wildman–Crippen LogP) is 1.84. The van der Waals surface area contributed by atoms with Crippen LogP contribution >= 0.6 is 11.3 Å². The minimum atomic E-state index is -0.313. The van der Waals surface area contributed by atoms with Crippen LogP contribution in [0.4, 0.5) is 0 Å². The van der Waals surface area contributed by atoms with Gasteiger partial charge in [-0.1, -0.05) is 0 Å². The van der Waals surface area contributed by atoms with Gasteiger partial charge in [-0.3, -0.25) is 0 Å². The van der Waals surface area contributed by atoms with Crippen LogP contribution in [0.3, 0.4) is 0 Å². The summed E-state index contributed by atoms with van der Waals surface area (Å²) in [4.78, 5) is 1.27. The fraction of sp³-hybridized carbons (Fsp3) is 0.600. The van der Waals surface area contributed by atoms with Crippen LogP contribution in [0.2, 0.25) is 0 Å². The van der Waals surface area contributed by atoms with Crippen molar-refractivity contribution in [2.45, 2.75) is 31.9 Å². The molecule has 1 aliphatic heterocycles. The summed E-state index contributed by atoms with van der Waals surface area (Å²) in [5.74, 6) is 0. The molecule has 2 rings (SSSR count). The predicted molar refractivity (Wildman–Crippen MR) is 55.0 cm³/mol. The van der Waals surface area contributed by atoms with Gasteiger partial charge in [0.25, 0.3) is 0 Å². The molecule has 72 valence electrons.